The van der Waals surface area contributed by atoms with Gasteiger partial charge >= 0.3 is 6.36 Å². The second-order valence-electron chi connectivity index (χ2n) is 14.1. The Balaban J connectivity index is 1.56. The Morgan fingerprint density at radius 2 is 1.71 bits per heavy atom. The number of carbonyl (C=O) groups is 1. The van der Waals surface area contributed by atoms with Gasteiger partial charge in [0.2, 0.25) is 10.0 Å². The highest BCUT2D eigenvalue weighted by molar-refractivity contribution is 7.88. The molecule has 0 saturated heterocycles. The van der Waals surface area contributed by atoms with Crippen LogP contribution in [-0.2, 0) is 23.0 Å². The minimum Gasteiger partial charge on any atom is -0.406 e. The van der Waals surface area contributed by atoms with Crippen molar-refractivity contribution in [3.63, 3.8) is 0 Å². The van der Waals surface area contributed by atoms with Gasteiger partial charge in [-0.3, -0.25) is 4.79 Å². The summed E-state index contributed by atoms with van der Waals surface area (Å²) < 4.78 is 97.7. The van der Waals surface area contributed by atoms with Gasteiger partial charge in [0.1, 0.15) is 5.75 Å². The van der Waals surface area contributed by atoms with Crippen LogP contribution < -0.4 is 4.74 Å². The predicted molar refractivity (Wildman–Crippen MR) is 182 cm³/mol. The van der Waals surface area contributed by atoms with E-state index < -0.39 is 62.6 Å². The van der Waals surface area contributed by atoms with Gasteiger partial charge in [-0.2, -0.15) is 4.31 Å². The van der Waals surface area contributed by atoms with E-state index in [0.29, 0.717) is 48.8 Å². The number of fused-ring (bicyclic) bond motifs is 8. The standard InChI is InChI=1S/C38H42F5NO6S/c1-24-5-4-17-36(2)32(16-18-37(36,47)23-44(51(3,48)49)22-25-7-12-29(13-8-25)50-38(41,42)43)30-14-9-26(19-28(45)11-6-24)20-31(30)35(46)27-10-15-33(39)34(40)21-27/h5,7-10,12-15,20-21,28,32,45,47H,4,6,11,16-19,22-23H2,1-3H3/t28-,32-,36-,37+/m0/s1. The monoisotopic (exact) mass is 735 g/mol. The first-order valence-corrected chi connectivity index (χ1v) is 18.6. The molecular weight excluding hydrogens is 693 g/mol. The van der Waals surface area contributed by atoms with Crippen LogP contribution in [0.2, 0.25) is 0 Å². The molecule has 13 heteroatoms. The molecule has 0 unspecified atom stereocenters. The summed E-state index contributed by atoms with van der Waals surface area (Å²) in [6, 6.07) is 13.0. The lowest BCUT2D eigenvalue weighted by atomic mass is 9.64. The van der Waals surface area contributed by atoms with Gasteiger partial charge in [-0.25, -0.2) is 17.2 Å². The number of rotatable bonds is 8. The van der Waals surface area contributed by atoms with Crippen molar-refractivity contribution in [3.8, 4) is 5.75 Å². The van der Waals surface area contributed by atoms with Gasteiger partial charge in [-0.05, 0) is 111 Å². The Morgan fingerprint density at radius 3 is 2.35 bits per heavy atom. The number of allylic oxidation sites excluding steroid dienone is 2. The highest BCUT2D eigenvalue weighted by atomic mass is 32.2. The van der Waals surface area contributed by atoms with Gasteiger partial charge < -0.3 is 14.9 Å². The van der Waals surface area contributed by atoms with Crippen molar-refractivity contribution >= 4 is 15.8 Å². The Kier molecular flexibility index (Phi) is 11.2. The summed E-state index contributed by atoms with van der Waals surface area (Å²) in [5, 5.41) is 23.4. The number of sulfonamides is 1. The zero-order valence-corrected chi connectivity index (χ0v) is 29.5. The van der Waals surface area contributed by atoms with Crippen molar-refractivity contribution in [3.05, 3.63) is 112 Å². The van der Waals surface area contributed by atoms with Crippen LogP contribution in [0.4, 0.5) is 22.0 Å². The highest BCUT2D eigenvalue weighted by Crippen LogP contribution is 2.59. The van der Waals surface area contributed by atoms with Gasteiger partial charge in [0, 0.05) is 29.6 Å². The van der Waals surface area contributed by atoms with Crippen molar-refractivity contribution in [2.45, 2.75) is 89.3 Å². The summed E-state index contributed by atoms with van der Waals surface area (Å²) in [4.78, 5) is 14.1. The highest BCUT2D eigenvalue weighted by Gasteiger charge is 2.58. The van der Waals surface area contributed by atoms with Crippen molar-refractivity contribution in [2.24, 2.45) is 5.41 Å². The molecule has 3 aromatic rings. The van der Waals surface area contributed by atoms with Crippen LogP contribution in [-0.4, -0.2) is 59.6 Å². The fourth-order valence-corrected chi connectivity index (χ4v) is 8.40. The second-order valence-corrected chi connectivity index (χ2v) is 16.1. The van der Waals surface area contributed by atoms with Gasteiger partial charge in [-0.1, -0.05) is 42.8 Å². The molecule has 3 aliphatic carbocycles. The van der Waals surface area contributed by atoms with Crippen LogP contribution in [0.1, 0.15) is 90.9 Å². The Bertz CT molecular complexity index is 1900. The van der Waals surface area contributed by atoms with Gasteiger partial charge in [0.05, 0.1) is 18.0 Å². The average molecular weight is 736 g/mol. The number of hydrogen-bond donors (Lipinski definition) is 2. The molecule has 0 aromatic heterocycles. The number of nitrogens with zero attached hydrogens (tertiary/aromatic N) is 1. The molecule has 2 N–H and O–H groups in total. The summed E-state index contributed by atoms with van der Waals surface area (Å²) >= 11 is 0. The SMILES string of the molecule is CC1=CCC[C@@]2(C)[C@@H](CC[C@@]2(O)CN(Cc2ccc(OC(F)(F)F)cc2)S(C)(=O)=O)c2ccc(cc2C(=O)c2ccc(F)c(F)c2)C[C@@H](O)CC1. The first-order chi connectivity index (χ1) is 23.8. The third-order valence-corrected chi connectivity index (χ3v) is 11.7. The molecule has 1 fully saturated rings. The lowest BCUT2D eigenvalue weighted by Crippen LogP contribution is -2.53. The summed E-state index contributed by atoms with van der Waals surface area (Å²) in [7, 11) is -3.96. The second kappa shape index (κ2) is 14.8. The topological polar surface area (TPSA) is 104 Å². The summed E-state index contributed by atoms with van der Waals surface area (Å²) in [6.07, 6.45) is 0.180. The lowest BCUT2D eigenvalue weighted by molar-refractivity contribution is -0.274. The molecule has 1 saturated carbocycles. The van der Waals surface area contributed by atoms with E-state index in [2.05, 4.69) is 4.74 Å². The first kappa shape index (κ1) is 38.6. The largest absolute Gasteiger partial charge is 0.573 e. The van der Waals surface area contributed by atoms with E-state index in [1.807, 2.05) is 26.0 Å². The molecule has 51 heavy (non-hydrogen) atoms. The third-order valence-electron chi connectivity index (χ3n) is 10.5. The smallest absolute Gasteiger partial charge is 0.406 e. The zero-order chi connectivity index (χ0) is 37.4. The molecule has 6 rings (SSSR count). The van der Waals surface area contributed by atoms with Gasteiger partial charge in [0.25, 0.3) is 0 Å². The number of aliphatic hydroxyl groups is 2. The average Bonchev–Trinajstić information content (AvgIpc) is 3.29. The molecule has 3 aromatic carbocycles. The van der Waals surface area contributed by atoms with Crippen molar-refractivity contribution in [1.29, 1.82) is 0 Å². The minimum atomic E-state index is -4.89. The van der Waals surface area contributed by atoms with E-state index in [4.69, 9.17) is 0 Å². The van der Waals surface area contributed by atoms with Crippen LogP contribution in [0.3, 0.4) is 0 Å². The molecule has 0 radical (unpaired) electrons. The van der Waals surface area contributed by atoms with Crippen LogP contribution in [0, 0.1) is 17.0 Å². The van der Waals surface area contributed by atoms with Crippen molar-refractivity contribution in [2.75, 3.05) is 12.8 Å². The van der Waals surface area contributed by atoms with E-state index >= 15 is 0 Å². The molecule has 2 bridgehead atoms. The third kappa shape index (κ3) is 8.88. The van der Waals surface area contributed by atoms with Crippen LogP contribution >= 0.6 is 0 Å². The zero-order valence-electron chi connectivity index (χ0n) is 28.6. The van der Waals surface area contributed by atoms with Gasteiger partial charge in [0.15, 0.2) is 17.4 Å². The molecule has 0 amide bonds. The predicted octanol–water partition coefficient (Wildman–Crippen LogP) is 7.59. The van der Waals surface area contributed by atoms with Crippen LogP contribution in [0.25, 0.3) is 0 Å². The molecule has 3 aliphatic rings. The number of benzene rings is 3. The summed E-state index contributed by atoms with van der Waals surface area (Å²) in [5.74, 6) is -3.78. The summed E-state index contributed by atoms with van der Waals surface area (Å²) in [6.45, 7) is 3.26. The van der Waals surface area contributed by atoms with Gasteiger partial charge in [-0.15, -0.1) is 13.2 Å². The number of alkyl halides is 3. The number of ether oxygens (including phenoxy) is 1. The van der Waals surface area contributed by atoms with Crippen LogP contribution in [0.5, 0.6) is 5.75 Å². The number of carbonyl (C=O) groups excluding carboxylic acids is 1. The minimum absolute atomic E-state index is 0.0719. The summed E-state index contributed by atoms with van der Waals surface area (Å²) in [5.41, 5.74) is 0.146. The molecule has 4 atom stereocenters. The first-order valence-electron chi connectivity index (χ1n) is 16.8. The number of ketones is 1. The molecule has 0 spiro atoms. The van der Waals surface area contributed by atoms with E-state index in [9.17, 15) is 45.4 Å². The quantitative estimate of drug-likeness (QED) is 0.140. The maximum Gasteiger partial charge on any atom is 0.573 e. The molecule has 7 nitrogen and oxygen atoms in total. The Hall–Kier alpha value is -3.65. The van der Waals surface area contributed by atoms with Crippen molar-refractivity contribution in [1.82, 2.24) is 4.31 Å². The maximum absolute atomic E-state index is 14.3. The Labute approximate surface area is 294 Å². The van der Waals surface area contributed by atoms with E-state index in [1.165, 1.54) is 18.2 Å². The van der Waals surface area contributed by atoms with E-state index in [1.54, 1.807) is 12.1 Å². The maximum atomic E-state index is 14.3. The van der Waals surface area contributed by atoms with Crippen molar-refractivity contribution < 1.29 is 50.1 Å². The fraction of sp³-hybridized carbons (Fsp3) is 0.447. The molecular formula is C38H42F5NO6S. The molecule has 0 heterocycles. The Morgan fingerprint density at radius 1 is 1.00 bits per heavy atom. The van der Waals surface area contributed by atoms with E-state index in [-0.39, 0.29) is 37.1 Å². The number of aliphatic hydroxyl groups excluding tert-OH is 1. The van der Waals surface area contributed by atoms with Crippen LogP contribution in [0.15, 0.2) is 72.3 Å². The molecule has 276 valence electrons. The number of halogens is 5. The van der Waals surface area contributed by atoms with E-state index in [0.717, 1.165) is 40.4 Å². The fourth-order valence-electron chi connectivity index (χ4n) is 7.57. The normalized spacial score (nSPS) is 24.6. The number of hydrogen-bond acceptors (Lipinski definition) is 6. The lowest BCUT2D eigenvalue weighted by Gasteiger charge is -2.45. The molecule has 0 aliphatic heterocycles.